The molecule has 1 atom stereocenters. The first kappa shape index (κ1) is 23.3. The third kappa shape index (κ3) is 4.35. The third-order valence-electron chi connectivity index (χ3n) is 6.59. The largest absolute Gasteiger partial charge is 0.493 e. The standard InChI is InChI=1S/C27H26N4O5/c1-35-23-14-19(6-7-22(23)36-17-18-9-12-28-13-10-18)15-29-24(32)16-31-25(33)27(30-26(31)34)11-8-20-4-2-3-5-21(20)27/h2-7,9-10,12-14H,8,11,15-17H2,1H3,(H,29,32)(H,30,34). The molecule has 1 fully saturated rings. The van der Waals surface area contributed by atoms with Crippen molar-refractivity contribution in [3.63, 3.8) is 0 Å². The number of pyridine rings is 1. The molecular formula is C27H26N4O5. The van der Waals surface area contributed by atoms with Crippen LogP contribution < -0.4 is 20.1 Å². The molecule has 0 radical (unpaired) electrons. The second-order valence-electron chi connectivity index (χ2n) is 8.79. The van der Waals surface area contributed by atoms with Crippen molar-refractivity contribution in [1.29, 1.82) is 0 Å². The van der Waals surface area contributed by atoms with Crippen molar-refractivity contribution >= 4 is 17.8 Å². The Morgan fingerprint density at radius 1 is 1.08 bits per heavy atom. The number of fused-ring (bicyclic) bond motifs is 2. The highest BCUT2D eigenvalue weighted by Crippen LogP contribution is 2.41. The highest BCUT2D eigenvalue weighted by molar-refractivity contribution is 6.09. The first-order valence-corrected chi connectivity index (χ1v) is 11.7. The summed E-state index contributed by atoms with van der Waals surface area (Å²) in [7, 11) is 1.55. The van der Waals surface area contributed by atoms with Crippen molar-refractivity contribution in [2.45, 2.75) is 31.5 Å². The lowest BCUT2D eigenvalue weighted by Gasteiger charge is -2.22. The number of hydrogen-bond acceptors (Lipinski definition) is 6. The molecule has 2 aliphatic rings. The van der Waals surface area contributed by atoms with Gasteiger partial charge in [-0.3, -0.25) is 19.5 Å². The maximum Gasteiger partial charge on any atom is 0.325 e. The van der Waals surface area contributed by atoms with Gasteiger partial charge in [0, 0.05) is 18.9 Å². The Bertz CT molecular complexity index is 1310. The molecule has 1 aromatic heterocycles. The van der Waals surface area contributed by atoms with Crippen LogP contribution in [0.3, 0.4) is 0 Å². The van der Waals surface area contributed by atoms with Crippen LogP contribution in [0.15, 0.2) is 67.0 Å². The molecule has 2 heterocycles. The minimum atomic E-state index is -1.08. The van der Waals surface area contributed by atoms with Gasteiger partial charge in [0.25, 0.3) is 5.91 Å². The van der Waals surface area contributed by atoms with Gasteiger partial charge in [-0.05, 0) is 59.4 Å². The Labute approximate surface area is 208 Å². The van der Waals surface area contributed by atoms with Crippen molar-refractivity contribution in [2.24, 2.45) is 0 Å². The summed E-state index contributed by atoms with van der Waals surface area (Å²) in [4.78, 5) is 43.5. The van der Waals surface area contributed by atoms with E-state index in [1.807, 2.05) is 42.5 Å². The molecule has 1 saturated heterocycles. The van der Waals surface area contributed by atoms with E-state index in [-0.39, 0.29) is 19.0 Å². The predicted octanol–water partition coefficient (Wildman–Crippen LogP) is 2.68. The fourth-order valence-corrected chi connectivity index (χ4v) is 4.71. The van der Waals surface area contributed by atoms with E-state index in [2.05, 4.69) is 15.6 Å². The van der Waals surface area contributed by atoms with E-state index >= 15 is 0 Å². The summed E-state index contributed by atoms with van der Waals surface area (Å²) in [6.45, 7) is 0.225. The average molecular weight is 487 g/mol. The molecule has 2 N–H and O–H groups in total. The maximum absolute atomic E-state index is 13.2. The van der Waals surface area contributed by atoms with Gasteiger partial charge >= 0.3 is 6.03 Å². The molecule has 1 aliphatic carbocycles. The zero-order valence-electron chi connectivity index (χ0n) is 19.8. The van der Waals surface area contributed by atoms with Crippen LogP contribution in [0.25, 0.3) is 0 Å². The van der Waals surface area contributed by atoms with Crippen LogP contribution in [-0.4, -0.2) is 41.4 Å². The van der Waals surface area contributed by atoms with E-state index in [4.69, 9.17) is 9.47 Å². The number of carbonyl (C=O) groups is 3. The zero-order chi connectivity index (χ0) is 25.1. The number of imide groups is 1. The molecule has 5 rings (SSSR count). The number of aromatic nitrogens is 1. The lowest BCUT2D eigenvalue weighted by molar-refractivity contribution is -0.135. The van der Waals surface area contributed by atoms with Crippen molar-refractivity contribution in [1.82, 2.24) is 20.5 Å². The zero-order valence-corrected chi connectivity index (χ0v) is 19.8. The second-order valence-corrected chi connectivity index (χ2v) is 8.79. The van der Waals surface area contributed by atoms with Crippen molar-refractivity contribution in [3.8, 4) is 11.5 Å². The van der Waals surface area contributed by atoms with Crippen LogP contribution in [0, 0.1) is 0 Å². The van der Waals surface area contributed by atoms with Crippen LogP contribution in [0.2, 0.25) is 0 Å². The van der Waals surface area contributed by atoms with Crippen molar-refractivity contribution in [3.05, 3.63) is 89.2 Å². The smallest absolute Gasteiger partial charge is 0.325 e. The van der Waals surface area contributed by atoms with Gasteiger partial charge in [-0.15, -0.1) is 0 Å². The second kappa shape index (κ2) is 9.69. The van der Waals surface area contributed by atoms with Gasteiger partial charge in [0.15, 0.2) is 11.5 Å². The number of aryl methyl sites for hydroxylation is 1. The van der Waals surface area contributed by atoms with Gasteiger partial charge in [-0.2, -0.15) is 0 Å². The molecule has 9 nitrogen and oxygen atoms in total. The molecule has 1 unspecified atom stereocenters. The van der Waals surface area contributed by atoms with E-state index in [0.29, 0.717) is 30.9 Å². The van der Waals surface area contributed by atoms with Crippen molar-refractivity contribution < 1.29 is 23.9 Å². The molecule has 184 valence electrons. The fraction of sp³-hybridized carbons (Fsp3) is 0.259. The lowest BCUT2D eigenvalue weighted by atomic mass is 9.92. The molecular weight excluding hydrogens is 460 g/mol. The number of methoxy groups -OCH3 is 1. The van der Waals surface area contributed by atoms with E-state index in [9.17, 15) is 14.4 Å². The Morgan fingerprint density at radius 2 is 1.89 bits per heavy atom. The Hall–Kier alpha value is -4.40. The number of urea groups is 1. The monoisotopic (exact) mass is 486 g/mol. The summed E-state index contributed by atoms with van der Waals surface area (Å²) in [6, 6.07) is 16.2. The number of carbonyl (C=O) groups excluding carboxylic acids is 3. The van der Waals surface area contributed by atoms with E-state index < -0.39 is 17.5 Å². The number of hydrogen-bond donors (Lipinski definition) is 2. The minimum absolute atomic E-state index is 0.206. The highest BCUT2D eigenvalue weighted by atomic mass is 16.5. The number of nitrogens with one attached hydrogen (secondary N) is 2. The Balaban J connectivity index is 1.19. The summed E-state index contributed by atoms with van der Waals surface area (Å²) in [5.41, 5.74) is 2.54. The van der Waals surface area contributed by atoms with E-state index in [1.165, 1.54) is 0 Å². The number of rotatable bonds is 8. The van der Waals surface area contributed by atoms with E-state index in [0.717, 1.165) is 27.2 Å². The summed E-state index contributed by atoms with van der Waals surface area (Å²) in [6.07, 6.45) is 4.60. The predicted molar refractivity (Wildman–Crippen MR) is 130 cm³/mol. The van der Waals surface area contributed by atoms with Gasteiger partial charge in [-0.1, -0.05) is 30.3 Å². The molecule has 4 amide bonds. The van der Waals surface area contributed by atoms with Gasteiger partial charge in [0.2, 0.25) is 5.91 Å². The van der Waals surface area contributed by atoms with Gasteiger partial charge in [0.05, 0.1) is 7.11 Å². The van der Waals surface area contributed by atoms with Crippen LogP contribution in [-0.2, 0) is 34.7 Å². The summed E-state index contributed by atoms with van der Waals surface area (Å²) in [5.74, 6) is 0.293. The molecule has 36 heavy (non-hydrogen) atoms. The van der Waals surface area contributed by atoms with Crippen molar-refractivity contribution in [2.75, 3.05) is 13.7 Å². The normalized spacial score (nSPS) is 18.2. The fourth-order valence-electron chi connectivity index (χ4n) is 4.71. The van der Waals surface area contributed by atoms with Crippen LogP contribution in [0.1, 0.15) is 28.7 Å². The molecule has 0 bridgehead atoms. The quantitative estimate of drug-likeness (QED) is 0.474. The van der Waals surface area contributed by atoms with Gasteiger partial charge < -0.3 is 20.1 Å². The average Bonchev–Trinajstić information content (AvgIpc) is 3.39. The lowest BCUT2D eigenvalue weighted by Crippen LogP contribution is -2.43. The van der Waals surface area contributed by atoms with Gasteiger partial charge in [0.1, 0.15) is 18.7 Å². The molecule has 3 aromatic rings. The van der Waals surface area contributed by atoms with Crippen LogP contribution >= 0.6 is 0 Å². The topological polar surface area (TPSA) is 110 Å². The number of amides is 4. The number of ether oxygens (including phenoxy) is 2. The molecule has 1 spiro atoms. The minimum Gasteiger partial charge on any atom is -0.493 e. The van der Waals surface area contributed by atoms with Gasteiger partial charge in [-0.25, -0.2) is 4.79 Å². The highest BCUT2D eigenvalue weighted by Gasteiger charge is 2.55. The number of nitrogens with zero attached hydrogens (tertiary/aromatic N) is 2. The molecule has 2 aromatic carbocycles. The van der Waals surface area contributed by atoms with E-state index in [1.54, 1.807) is 31.6 Å². The first-order valence-electron chi connectivity index (χ1n) is 11.7. The summed E-state index contributed by atoms with van der Waals surface area (Å²) in [5, 5.41) is 5.61. The molecule has 0 saturated carbocycles. The SMILES string of the molecule is COc1cc(CNC(=O)CN2C(=O)NC3(CCc4ccccc43)C2=O)ccc1OCc1ccncc1. The summed E-state index contributed by atoms with van der Waals surface area (Å²) < 4.78 is 11.3. The third-order valence-corrected chi connectivity index (χ3v) is 6.59. The molecule has 1 aliphatic heterocycles. The molecule has 9 heteroatoms. The number of benzene rings is 2. The van der Waals surface area contributed by atoms with Crippen LogP contribution in [0.4, 0.5) is 4.79 Å². The Kier molecular flexibility index (Phi) is 6.28. The summed E-state index contributed by atoms with van der Waals surface area (Å²) >= 11 is 0. The first-order chi connectivity index (χ1) is 17.5. The Morgan fingerprint density at radius 3 is 2.69 bits per heavy atom. The van der Waals surface area contributed by atoms with Crippen LogP contribution in [0.5, 0.6) is 11.5 Å². The maximum atomic E-state index is 13.2.